The lowest BCUT2D eigenvalue weighted by Gasteiger charge is -2.29. The first-order chi connectivity index (χ1) is 10.6. The zero-order chi connectivity index (χ0) is 15.9. The number of carbonyl (C=O) groups excluding carboxylic acids is 2. The van der Waals surface area contributed by atoms with Gasteiger partial charge in [-0.2, -0.15) is 0 Å². The molecule has 1 aliphatic rings. The fourth-order valence-corrected chi connectivity index (χ4v) is 2.84. The Morgan fingerprint density at radius 1 is 1.14 bits per heavy atom. The van der Waals surface area contributed by atoms with Crippen LogP contribution >= 0.6 is 0 Å². The second-order valence-electron chi connectivity index (χ2n) is 5.99. The van der Waals surface area contributed by atoms with Gasteiger partial charge in [0, 0.05) is 13.0 Å². The van der Waals surface area contributed by atoms with Crippen LogP contribution in [0.4, 0.5) is 0 Å². The second-order valence-corrected chi connectivity index (χ2v) is 5.99. The Morgan fingerprint density at radius 3 is 2.45 bits per heavy atom. The monoisotopic (exact) mass is 300 g/mol. The van der Waals surface area contributed by atoms with Crippen molar-refractivity contribution in [1.82, 2.24) is 10.6 Å². The van der Waals surface area contributed by atoms with Crippen molar-refractivity contribution in [3.63, 3.8) is 0 Å². The van der Waals surface area contributed by atoms with Crippen molar-refractivity contribution in [1.29, 1.82) is 0 Å². The smallest absolute Gasteiger partial charge is 0.268 e. The topological polar surface area (TPSA) is 58.2 Å². The summed E-state index contributed by atoms with van der Waals surface area (Å²) in [5.41, 5.74) is 1.19. The number of nitrogens with one attached hydrogen (secondary N) is 2. The number of benzene rings is 1. The minimum atomic E-state index is -0.242. The van der Waals surface area contributed by atoms with Crippen molar-refractivity contribution in [2.75, 3.05) is 0 Å². The molecule has 1 aromatic rings. The molecule has 4 nitrogen and oxygen atoms in total. The fraction of sp³-hybridized carbons (Fsp3) is 0.444. The molecule has 118 valence electrons. The Morgan fingerprint density at radius 2 is 1.82 bits per heavy atom. The van der Waals surface area contributed by atoms with E-state index in [9.17, 15) is 9.59 Å². The van der Waals surface area contributed by atoms with Gasteiger partial charge in [-0.05, 0) is 30.4 Å². The van der Waals surface area contributed by atoms with Crippen LogP contribution in [-0.2, 0) is 9.59 Å². The molecule has 1 fully saturated rings. The van der Waals surface area contributed by atoms with Crippen LogP contribution < -0.4 is 10.6 Å². The van der Waals surface area contributed by atoms with Gasteiger partial charge >= 0.3 is 0 Å². The Bertz CT molecular complexity index is 551. The summed E-state index contributed by atoms with van der Waals surface area (Å²) in [6, 6.07) is 9.71. The summed E-state index contributed by atoms with van der Waals surface area (Å²) in [5.74, 6) is 0.0276. The predicted octanol–water partition coefficient (Wildman–Crippen LogP) is 2.86. The molecule has 2 unspecified atom stereocenters. The van der Waals surface area contributed by atoms with Gasteiger partial charge in [0.2, 0.25) is 5.91 Å². The van der Waals surface area contributed by atoms with Crippen LogP contribution in [-0.4, -0.2) is 17.9 Å². The molecule has 0 aliphatic heterocycles. The van der Waals surface area contributed by atoms with Crippen molar-refractivity contribution in [3.8, 4) is 0 Å². The molecule has 2 N–H and O–H groups in total. The molecular formula is C18H24N2O2. The average molecular weight is 300 g/mol. The maximum atomic E-state index is 12.5. The lowest BCUT2D eigenvalue weighted by molar-refractivity contribution is -0.123. The third-order valence-electron chi connectivity index (χ3n) is 4.09. The summed E-state index contributed by atoms with van der Waals surface area (Å²) in [7, 11) is 0. The zero-order valence-electron chi connectivity index (χ0n) is 13.3. The highest BCUT2D eigenvalue weighted by Gasteiger charge is 2.24. The second kappa shape index (κ2) is 7.78. The van der Waals surface area contributed by atoms with E-state index in [1.807, 2.05) is 30.3 Å². The van der Waals surface area contributed by atoms with E-state index in [2.05, 4.69) is 17.6 Å². The summed E-state index contributed by atoms with van der Waals surface area (Å²) in [4.78, 5) is 23.9. The molecule has 4 heteroatoms. The molecule has 2 atom stereocenters. The highest BCUT2D eigenvalue weighted by molar-refractivity contribution is 6.01. The molecule has 0 aromatic heterocycles. The molecule has 0 heterocycles. The van der Waals surface area contributed by atoms with E-state index in [-0.39, 0.29) is 17.9 Å². The maximum absolute atomic E-state index is 12.5. The van der Waals surface area contributed by atoms with E-state index in [4.69, 9.17) is 0 Å². The maximum Gasteiger partial charge on any atom is 0.268 e. The van der Waals surface area contributed by atoms with Crippen molar-refractivity contribution < 1.29 is 9.59 Å². The van der Waals surface area contributed by atoms with Gasteiger partial charge in [0.1, 0.15) is 5.70 Å². The third kappa shape index (κ3) is 4.72. The highest BCUT2D eigenvalue weighted by atomic mass is 16.2. The number of hydrogen-bond acceptors (Lipinski definition) is 2. The molecule has 22 heavy (non-hydrogen) atoms. The molecule has 1 saturated carbocycles. The number of hydrogen-bond donors (Lipinski definition) is 2. The molecule has 1 aliphatic carbocycles. The number of rotatable bonds is 4. The van der Waals surface area contributed by atoms with Gasteiger partial charge in [-0.25, -0.2) is 0 Å². The van der Waals surface area contributed by atoms with Crippen LogP contribution in [0, 0.1) is 5.92 Å². The van der Waals surface area contributed by atoms with Crippen LogP contribution in [0.5, 0.6) is 0 Å². The normalized spacial score (nSPS) is 22.0. The highest BCUT2D eigenvalue weighted by Crippen LogP contribution is 2.23. The Labute approximate surface area is 132 Å². The van der Waals surface area contributed by atoms with E-state index in [0.29, 0.717) is 11.6 Å². The Balaban J connectivity index is 2.12. The molecular weight excluding hydrogens is 276 g/mol. The zero-order valence-corrected chi connectivity index (χ0v) is 13.3. The van der Waals surface area contributed by atoms with Crippen LogP contribution in [0.2, 0.25) is 0 Å². The summed E-state index contributed by atoms with van der Waals surface area (Å²) in [6.45, 7) is 3.58. The first kappa shape index (κ1) is 16.3. The van der Waals surface area contributed by atoms with Crippen LogP contribution in [0.1, 0.15) is 45.1 Å². The van der Waals surface area contributed by atoms with Gasteiger partial charge in [-0.3, -0.25) is 9.59 Å². The Kier molecular flexibility index (Phi) is 5.75. The van der Waals surface area contributed by atoms with Crippen molar-refractivity contribution >= 4 is 17.9 Å². The summed E-state index contributed by atoms with van der Waals surface area (Å²) in [6.07, 6.45) is 6.23. The number of amides is 2. The van der Waals surface area contributed by atoms with Gasteiger partial charge in [0.25, 0.3) is 5.91 Å². The van der Waals surface area contributed by atoms with E-state index in [1.165, 1.54) is 13.3 Å². The van der Waals surface area contributed by atoms with Crippen LogP contribution in [0.25, 0.3) is 6.08 Å². The van der Waals surface area contributed by atoms with Gasteiger partial charge in [-0.1, -0.05) is 50.1 Å². The SMILES string of the molecule is CC(=O)N/C(=C\c1ccccc1)C(=O)NC1CCCCC1C. The number of carbonyl (C=O) groups is 2. The molecule has 0 spiro atoms. The molecule has 1 aromatic carbocycles. The minimum absolute atomic E-state index is 0.189. The first-order valence-electron chi connectivity index (χ1n) is 7.91. The van der Waals surface area contributed by atoms with Gasteiger partial charge in [-0.15, -0.1) is 0 Å². The lowest BCUT2D eigenvalue weighted by Crippen LogP contribution is -2.44. The van der Waals surface area contributed by atoms with E-state index < -0.39 is 0 Å². The molecule has 0 saturated heterocycles. The third-order valence-corrected chi connectivity index (χ3v) is 4.09. The van der Waals surface area contributed by atoms with Gasteiger partial charge in [0.15, 0.2) is 0 Å². The van der Waals surface area contributed by atoms with Gasteiger partial charge in [0.05, 0.1) is 0 Å². The quantitative estimate of drug-likeness (QED) is 0.840. The average Bonchev–Trinajstić information content (AvgIpc) is 2.49. The first-order valence-corrected chi connectivity index (χ1v) is 7.91. The largest absolute Gasteiger partial charge is 0.348 e. The summed E-state index contributed by atoms with van der Waals surface area (Å²) >= 11 is 0. The van der Waals surface area contributed by atoms with E-state index in [0.717, 1.165) is 24.8 Å². The van der Waals surface area contributed by atoms with Crippen molar-refractivity contribution in [2.45, 2.75) is 45.6 Å². The minimum Gasteiger partial charge on any atom is -0.348 e. The molecule has 2 rings (SSSR count). The standard InChI is InChI=1S/C18H24N2O2/c1-13-8-6-7-11-16(13)20-18(22)17(19-14(2)21)12-15-9-4-3-5-10-15/h3-5,9-10,12-13,16H,6-8,11H2,1-2H3,(H,19,21)(H,20,22)/b17-12-. The van der Waals surface area contributed by atoms with Crippen LogP contribution in [0.3, 0.4) is 0 Å². The van der Waals surface area contributed by atoms with E-state index >= 15 is 0 Å². The van der Waals surface area contributed by atoms with Crippen molar-refractivity contribution in [2.24, 2.45) is 5.92 Å². The molecule has 2 amide bonds. The summed E-state index contributed by atoms with van der Waals surface area (Å²) in [5, 5.41) is 5.72. The van der Waals surface area contributed by atoms with E-state index in [1.54, 1.807) is 6.08 Å². The Hall–Kier alpha value is -2.10. The van der Waals surface area contributed by atoms with Crippen molar-refractivity contribution in [3.05, 3.63) is 41.6 Å². The fourth-order valence-electron chi connectivity index (χ4n) is 2.84. The molecule has 0 radical (unpaired) electrons. The summed E-state index contributed by atoms with van der Waals surface area (Å²) < 4.78 is 0. The lowest BCUT2D eigenvalue weighted by atomic mass is 9.86. The predicted molar refractivity (Wildman–Crippen MR) is 87.8 cm³/mol. The van der Waals surface area contributed by atoms with Crippen LogP contribution in [0.15, 0.2) is 36.0 Å². The van der Waals surface area contributed by atoms with Gasteiger partial charge < -0.3 is 10.6 Å². The molecule has 0 bridgehead atoms.